The number of aryl methyl sites for hydroxylation is 1. The van der Waals surface area contributed by atoms with E-state index in [0.717, 1.165) is 38.2 Å². The molecule has 4 heteroatoms. The number of imidazole rings is 1. The van der Waals surface area contributed by atoms with Crippen LogP contribution in [0.2, 0.25) is 0 Å². The number of aromatic nitrogens is 2. The third-order valence-electron chi connectivity index (χ3n) is 3.80. The summed E-state index contributed by atoms with van der Waals surface area (Å²) in [6, 6.07) is 0. The fraction of sp³-hybridized carbons (Fsp3) is 0.714. The van der Waals surface area contributed by atoms with E-state index >= 15 is 0 Å². The topological polar surface area (TPSA) is 38.1 Å². The lowest BCUT2D eigenvalue weighted by Gasteiger charge is -2.21. The maximum absolute atomic E-state index is 12.0. The van der Waals surface area contributed by atoms with Crippen LogP contribution < -0.4 is 0 Å². The number of carbonyl (C=O) groups is 1. The average molecular weight is 249 g/mol. The standard InChI is InChI=1S/C14H23N3O/c1-16(11-14-15-8-9-17(14)2)10-12-6-4-3-5-7-13(12)18/h8-9,12H,3-7,10-11H2,1-2H3. The van der Waals surface area contributed by atoms with Gasteiger partial charge in [0.1, 0.15) is 11.6 Å². The molecule has 0 radical (unpaired) electrons. The zero-order chi connectivity index (χ0) is 13.0. The molecule has 18 heavy (non-hydrogen) atoms. The summed E-state index contributed by atoms with van der Waals surface area (Å²) >= 11 is 0. The summed E-state index contributed by atoms with van der Waals surface area (Å²) in [5.41, 5.74) is 0. The molecule has 0 saturated heterocycles. The molecule has 1 heterocycles. The minimum atomic E-state index is 0.234. The number of nitrogens with zero attached hydrogens (tertiary/aromatic N) is 3. The molecule has 0 spiro atoms. The van der Waals surface area contributed by atoms with Crippen LogP contribution >= 0.6 is 0 Å². The second-order valence-electron chi connectivity index (χ2n) is 5.41. The van der Waals surface area contributed by atoms with Crippen LogP contribution in [0.3, 0.4) is 0 Å². The van der Waals surface area contributed by atoms with E-state index in [2.05, 4.69) is 16.9 Å². The van der Waals surface area contributed by atoms with Crippen LogP contribution in [0.25, 0.3) is 0 Å². The van der Waals surface area contributed by atoms with Gasteiger partial charge in [-0.1, -0.05) is 12.8 Å². The first kappa shape index (κ1) is 13.3. The van der Waals surface area contributed by atoms with E-state index in [0.29, 0.717) is 5.78 Å². The van der Waals surface area contributed by atoms with Gasteiger partial charge in [-0.15, -0.1) is 0 Å². The molecular weight excluding hydrogens is 226 g/mol. The van der Waals surface area contributed by atoms with E-state index in [1.54, 1.807) is 0 Å². The Kier molecular flexibility index (Phi) is 4.53. The van der Waals surface area contributed by atoms with E-state index in [1.165, 1.54) is 12.8 Å². The monoisotopic (exact) mass is 249 g/mol. The number of hydrogen-bond acceptors (Lipinski definition) is 3. The quantitative estimate of drug-likeness (QED) is 0.766. The van der Waals surface area contributed by atoms with Crippen molar-refractivity contribution in [2.24, 2.45) is 13.0 Å². The fourth-order valence-electron chi connectivity index (χ4n) is 2.66. The third kappa shape index (κ3) is 3.42. The van der Waals surface area contributed by atoms with Crippen molar-refractivity contribution in [3.05, 3.63) is 18.2 Å². The molecule has 1 atom stereocenters. The van der Waals surface area contributed by atoms with Gasteiger partial charge in [-0.25, -0.2) is 4.98 Å². The van der Waals surface area contributed by atoms with Crippen molar-refractivity contribution >= 4 is 5.78 Å². The van der Waals surface area contributed by atoms with Gasteiger partial charge < -0.3 is 4.57 Å². The molecule has 4 nitrogen and oxygen atoms in total. The van der Waals surface area contributed by atoms with E-state index in [-0.39, 0.29) is 5.92 Å². The predicted octanol–water partition coefficient (Wildman–Crippen LogP) is 2.00. The van der Waals surface area contributed by atoms with Crippen molar-refractivity contribution in [3.63, 3.8) is 0 Å². The lowest BCUT2D eigenvalue weighted by atomic mass is 9.98. The fourth-order valence-corrected chi connectivity index (χ4v) is 2.66. The molecule has 1 aliphatic carbocycles. The van der Waals surface area contributed by atoms with E-state index in [9.17, 15) is 4.79 Å². The minimum absolute atomic E-state index is 0.234. The van der Waals surface area contributed by atoms with Crippen LogP contribution in [0.4, 0.5) is 0 Å². The van der Waals surface area contributed by atoms with Gasteiger partial charge in [0, 0.05) is 38.3 Å². The van der Waals surface area contributed by atoms with Gasteiger partial charge in [0.25, 0.3) is 0 Å². The van der Waals surface area contributed by atoms with Crippen LogP contribution in [0.1, 0.15) is 37.9 Å². The molecule has 0 aromatic carbocycles. The predicted molar refractivity (Wildman–Crippen MR) is 71.1 cm³/mol. The Morgan fingerprint density at radius 3 is 3.00 bits per heavy atom. The van der Waals surface area contributed by atoms with Gasteiger partial charge >= 0.3 is 0 Å². The number of ketones is 1. The van der Waals surface area contributed by atoms with E-state index in [1.807, 2.05) is 24.0 Å². The average Bonchev–Trinajstić information content (AvgIpc) is 2.61. The molecule has 2 rings (SSSR count). The van der Waals surface area contributed by atoms with Gasteiger partial charge in [0.15, 0.2) is 0 Å². The van der Waals surface area contributed by atoms with Crippen LogP contribution in [0.15, 0.2) is 12.4 Å². The molecule has 1 saturated carbocycles. The molecule has 0 amide bonds. The van der Waals surface area contributed by atoms with Crippen molar-refractivity contribution in [1.29, 1.82) is 0 Å². The summed E-state index contributed by atoms with van der Waals surface area (Å²) in [5, 5.41) is 0. The first-order valence-corrected chi connectivity index (χ1v) is 6.84. The van der Waals surface area contributed by atoms with Gasteiger partial charge in [0.2, 0.25) is 0 Å². The maximum atomic E-state index is 12.0. The van der Waals surface area contributed by atoms with E-state index < -0.39 is 0 Å². The highest BCUT2D eigenvalue weighted by Crippen LogP contribution is 2.21. The molecule has 0 bridgehead atoms. The Hall–Kier alpha value is -1.16. The van der Waals surface area contributed by atoms with Crippen molar-refractivity contribution in [2.45, 2.75) is 38.6 Å². The SMILES string of the molecule is CN(Cc1nccn1C)CC1CCCCCC1=O. The zero-order valence-corrected chi connectivity index (χ0v) is 11.4. The van der Waals surface area contributed by atoms with Crippen molar-refractivity contribution < 1.29 is 4.79 Å². The van der Waals surface area contributed by atoms with Crippen molar-refractivity contribution in [2.75, 3.05) is 13.6 Å². The molecule has 100 valence electrons. The summed E-state index contributed by atoms with van der Waals surface area (Å²) in [5.74, 6) is 1.75. The van der Waals surface area contributed by atoms with Gasteiger partial charge in [0.05, 0.1) is 6.54 Å². The molecule has 0 aliphatic heterocycles. The molecule has 1 aromatic heterocycles. The Morgan fingerprint density at radius 2 is 2.28 bits per heavy atom. The summed E-state index contributed by atoms with van der Waals surface area (Å²) in [7, 11) is 4.08. The maximum Gasteiger partial charge on any atom is 0.137 e. The second-order valence-corrected chi connectivity index (χ2v) is 5.41. The van der Waals surface area contributed by atoms with E-state index in [4.69, 9.17) is 0 Å². The highest BCUT2D eigenvalue weighted by atomic mass is 16.1. The molecule has 1 aromatic rings. The van der Waals surface area contributed by atoms with Gasteiger partial charge in [-0.3, -0.25) is 9.69 Å². The molecule has 0 N–H and O–H groups in total. The molecular formula is C14H23N3O. The Bertz CT molecular complexity index is 399. The Labute approximate surface area is 109 Å². The van der Waals surface area contributed by atoms with Gasteiger partial charge in [-0.2, -0.15) is 0 Å². The second kappa shape index (κ2) is 6.14. The van der Waals surface area contributed by atoms with Crippen molar-refractivity contribution in [3.8, 4) is 0 Å². The van der Waals surface area contributed by atoms with Gasteiger partial charge in [-0.05, 0) is 19.9 Å². The summed E-state index contributed by atoms with van der Waals surface area (Å²) in [6.07, 6.45) is 9.11. The molecule has 1 aliphatic rings. The number of carbonyl (C=O) groups excluding carboxylic acids is 1. The summed E-state index contributed by atoms with van der Waals surface area (Å²) in [6.45, 7) is 1.68. The molecule has 1 fully saturated rings. The zero-order valence-electron chi connectivity index (χ0n) is 11.4. The number of rotatable bonds is 4. The van der Waals surface area contributed by atoms with Crippen molar-refractivity contribution in [1.82, 2.24) is 14.5 Å². The minimum Gasteiger partial charge on any atom is -0.337 e. The van der Waals surface area contributed by atoms with Crippen LogP contribution in [0, 0.1) is 5.92 Å². The Morgan fingerprint density at radius 1 is 1.44 bits per heavy atom. The largest absolute Gasteiger partial charge is 0.337 e. The lowest BCUT2D eigenvalue weighted by Crippen LogP contribution is -2.30. The smallest absolute Gasteiger partial charge is 0.137 e. The van der Waals surface area contributed by atoms with Crippen LogP contribution in [0.5, 0.6) is 0 Å². The first-order chi connectivity index (χ1) is 8.66. The van der Waals surface area contributed by atoms with Crippen LogP contribution in [-0.2, 0) is 18.4 Å². The third-order valence-corrected chi connectivity index (χ3v) is 3.80. The number of Topliss-reactive ketones (excluding diaryl/α,β-unsaturated/α-hetero) is 1. The molecule has 1 unspecified atom stereocenters. The lowest BCUT2D eigenvalue weighted by molar-refractivity contribution is -0.123. The van der Waals surface area contributed by atoms with Crippen LogP contribution in [-0.4, -0.2) is 33.8 Å². The first-order valence-electron chi connectivity index (χ1n) is 6.84. The summed E-state index contributed by atoms with van der Waals surface area (Å²) < 4.78 is 2.03. The highest BCUT2D eigenvalue weighted by molar-refractivity contribution is 5.81. The summed E-state index contributed by atoms with van der Waals surface area (Å²) in [4.78, 5) is 18.5. The normalized spacial score (nSPS) is 21.3. The number of hydrogen-bond donors (Lipinski definition) is 0. The highest BCUT2D eigenvalue weighted by Gasteiger charge is 2.22. The Balaban J connectivity index is 1.88.